The summed E-state index contributed by atoms with van der Waals surface area (Å²) in [5.41, 5.74) is 0.950. The molecule has 0 spiro atoms. The number of rotatable bonds is 6. The molecule has 0 radical (unpaired) electrons. The van der Waals surface area contributed by atoms with E-state index in [1.54, 1.807) is 53.3 Å². The maximum Gasteiger partial charge on any atom is 0.263 e. The van der Waals surface area contributed by atoms with Gasteiger partial charge in [0.1, 0.15) is 5.75 Å². The predicted octanol–water partition coefficient (Wildman–Crippen LogP) is 4.91. The van der Waals surface area contributed by atoms with Crippen LogP contribution in [-0.4, -0.2) is 22.3 Å². The van der Waals surface area contributed by atoms with Gasteiger partial charge in [-0.3, -0.25) is 9.48 Å². The monoisotopic (exact) mass is 409 g/mol. The van der Waals surface area contributed by atoms with Crippen LogP contribution in [0.25, 0.3) is 0 Å². The van der Waals surface area contributed by atoms with Gasteiger partial charge in [-0.15, -0.1) is 0 Å². The molecule has 1 amide bonds. The standard InChI is InChI=1S/C18H14Cl3N3O2/c19-13-2-4-14(5-3-13)26-11-18(25)22-17-7-8-24(23-17)10-12-1-6-15(20)16(21)9-12/h1-9H,10-11H2,(H,22,23,25). The molecule has 1 heterocycles. The van der Waals surface area contributed by atoms with Gasteiger partial charge in [-0.2, -0.15) is 5.10 Å². The average Bonchev–Trinajstić information content (AvgIpc) is 3.04. The van der Waals surface area contributed by atoms with E-state index in [0.29, 0.717) is 33.2 Å². The molecule has 3 aromatic rings. The van der Waals surface area contributed by atoms with Crippen molar-refractivity contribution in [2.45, 2.75) is 6.54 Å². The first-order valence-electron chi connectivity index (χ1n) is 7.65. The minimum atomic E-state index is -0.306. The van der Waals surface area contributed by atoms with Gasteiger partial charge in [-0.1, -0.05) is 40.9 Å². The Balaban J connectivity index is 1.53. The molecular weight excluding hydrogens is 397 g/mol. The molecule has 0 bridgehead atoms. The van der Waals surface area contributed by atoms with Crippen molar-refractivity contribution < 1.29 is 9.53 Å². The highest BCUT2D eigenvalue weighted by molar-refractivity contribution is 6.42. The number of halogens is 3. The number of anilines is 1. The number of nitrogens with zero attached hydrogens (tertiary/aromatic N) is 2. The molecule has 0 aliphatic carbocycles. The number of hydrogen-bond donors (Lipinski definition) is 1. The normalized spacial score (nSPS) is 10.6. The molecular formula is C18H14Cl3N3O2. The SMILES string of the molecule is O=C(COc1ccc(Cl)cc1)Nc1ccn(Cc2ccc(Cl)c(Cl)c2)n1. The summed E-state index contributed by atoms with van der Waals surface area (Å²) in [7, 11) is 0. The molecule has 0 atom stereocenters. The van der Waals surface area contributed by atoms with Crippen LogP contribution in [0.2, 0.25) is 15.1 Å². The van der Waals surface area contributed by atoms with Gasteiger partial charge in [0.15, 0.2) is 12.4 Å². The topological polar surface area (TPSA) is 56.1 Å². The Bertz CT molecular complexity index is 910. The molecule has 2 aromatic carbocycles. The maximum absolute atomic E-state index is 12.0. The lowest BCUT2D eigenvalue weighted by Gasteiger charge is -2.06. The lowest BCUT2D eigenvalue weighted by molar-refractivity contribution is -0.118. The number of carbonyl (C=O) groups is 1. The fourth-order valence-electron chi connectivity index (χ4n) is 2.20. The van der Waals surface area contributed by atoms with Crippen molar-refractivity contribution in [3.63, 3.8) is 0 Å². The van der Waals surface area contributed by atoms with Crippen LogP contribution in [-0.2, 0) is 11.3 Å². The summed E-state index contributed by atoms with van der Waals surface area (Å²) in [4.78, 5) is 12.0. The Hall–Kier alpha value is -2.21. The van der Waals surface area contributed by atoms with Crippen molar-refractivity contribution in [1.29, 1.82) is 0 Å². The third-order valence-corrected chi connectivity index (χ3v) is 4.41. The smallest absolute Gasteiger partial charge is 0.263 e. The zero-order valence-corrected chi connectivity index (χ0v) is 15.7. The van der Waals surface area contributed by atoms with E-state index in [1.165, 1.54) is 0 Å². The van der Waals surface area contributed by atoms with E-state index in [1.807, 2.05) is 6.07 Å². The number of hydrogen-bond acceptors (Lipinski definition) is 3. The Morgan fingerprint density at radius 3 is 2.54 bits per heavy atom. The molecule has 0 fully saturated rings. The molecule has 0 aliphatic heterocycles. The molecule has 26 heavy (non-hydrogen) atoms. The lowest BCUT2D eigenvalue weighted by Crippen LogP contribution is -2.20. The molecule has 1 aromatic heterocycles. The van der Waals surface area contributed by atoms with Crippen molar-refractivity contribution in [2.24, 2.45) is 0 Å². The zero-order valence-electron chi connectivity index (χ0n) is 13.5. The summed E-state index contributed by atoms with van der Waals surface area (Å²) in [5, 5.41) is 8.58. The highest BCUT2D eigenvalue weighted by Gasteiger charge is 2.07. The van der Waals surface area contributed by atoms with Crippen molar-refractivity contribution in [3.8, 4) is 5.75 Å². The van der Waals surface area contributed by atoms with E-state index < -0.39 is 0 Å². The quantitative estimate of drug-likeness (QED) is 0.628. The van der Waals surface area contributed by atoms with E-state index in [2.05, 4.69) is 10.4 Å². The van der Waals surface area contributed by atoms with Crippen molar-refractivity contribution in [3.05, 3.63) is 75.4 Å². The van der Waals surface area contributed by atoms with E-state index in [9.17, 15) is 4.79 Å². The van der Waals surface area contributed by atoms with E-state index in [-0.39, 0.29) is 12.5 Å². The maximum atomic E-state index is 12.0. The Labute approximate surface area is 165 Å². The number of nitrogens with one attached hydrogen (secondary N) is 1. The van der Waals surface area contributed by atoms with Crippen molar-refractivity contribution >= 4 is 46.5 Å². The summed E-state index contributed by atoms with van der Waals surface area (Å²) >= 11 is 17.7. The number of aromatic nitrogens is 2. The molecule has 5 nitrogen and oxygen atoms in total. The fourth-order valence-corrected chi connectivity index (χ4v) is 2.65. The van der Waals surface area contributed by atoms with Gasteiger partial charge < -0.3 is 10.1 Å². The van der Waals surface area contributed by atoms with Crippen LogP contribution < -0.4 is 10.1 Å². The van der Waals surface area contributed by atoms with Crippen LogP contribution in [0.4, 0.5) is 5.82 Å². The van der Waals surface area contributed by atoms with Crippen LogP contribution in [0.1, 0.15) is 5.56 Å². The van der Waals surface area contributed by atoms with Crippen LogP contribution in [0.5, 0.6) is 5.75 Å². The first-order valence-corrected chi connectivity index (χ1v) is 8.78. The first kappa shape index (κ1) is 18.6. The van der Waals surface area contributed by atoms with Crippen molar-refractivity contribution in [1.82, 2.24) is 9.78 Å². The van der Waals surface area contributed by atoms with Gasteiger partial charge in [0, 0.05) is 17.3 Å². The molecule has 1 N–H and O–H groups in total. The Morgan fingerprint density at radius 1 is 1.04 bits per heavy atom. The largest absolute Gasteiger partial charge is 0.484 e. The zero-order chi connectivity index (χ0) is 18.5. The third-order valence-electron chi connectivity index (χ3n) is 3.42. The van der Waals surface area contributed by atoms with Gasteiger partial charge >= 0.3 is 0 Å². The van der Waals surface area contributed by atoms with Crippen LogP contribution in [0, 0.1) is 0 Å². The number of amides is 1. The van der Waals surface area contributed by atoms with Gasteiger partial charge in [0.05, 0.1) is 16.6 Å². The second-order valence-corrected chi connectivity index (χ2v) is 6.69. The van der Waals surface area contributed by atoms with Gasteiger partial charge in [0.2, 0.25) is 0 Å². The molecule has 134 valence electrons. The van der Waals surface area contributed by atoms with Gasteiger partial charge in [0.25, 0.3) is 5.91 Å². The van der Waals surface area contributed by atoms with Gasteiger partial charge in [-0.25, -0.2) is 0 Å². The molecule has 8 heteroatoms. The molecule has 0 unspecified atom stereocenters. The highest BCUT2D eigenvalue weighted by Crippen LogP contribution is 2.23. The summed E-state index contributed by atoms with van der Waals surface area (Å²) in [6, 6.07) is 13.9. The van der Waals surface area contributed by atoms with Crippen LogP contribution >= 0.6 is 34.8 Å². The summed E-state index contributed by atoms with van der Waals surface area (Å²) in [5.74, 6) is 0.698. The number of carbonyl (C=O) groups excluding carboxylic acids is 1. The van der Waals surface area contributed by atoms with Crippen molar-refractivity contribution in [2.75, 3.05) is 11.9 Å². The Kier molecular flexibility index (Phi) is 6.04. The van der Waals surface area contributed by atoms with Gasteiger partial charge in [-0.05, 0) is 42.0 Å². The third kappa shape index (κ3) is 5.14. The molecule has 0 saturated heterocycles. The highest BCUT2D eigenvalue weighted by atomic mass is 35.5. The van der Waals surface area contributed by atoms with Crippen LogP contribution in [0.15, 0.2) is 54.7 Å². The molecule has 0 aliphatic rings. The van der Waals surface area contributed by atoms with E-state index in [4.69, 9.17) is 39.5 Å². The van der Waals surface area contributed by atoms with E-state index in [0.717, 1.165) is 5.56 Å². The Morgan fingerprint density at radius 2 is 1.81 bits per heavy atom. The molecule has 0 saturated carbocycles. The minimum absolute atomic E-state index is 0.124. The second-order valence-electron chi connectivity index (χ2n) is 5.44. The van der Waals surface area contributed by atoms with E-state index >= 15 is 0 Å². The summed E-state index contributed by atoms with van der Waals surface area (Å²) < 4.78 is 7.08. The molecule has 3 rings (SSSR count). The van der Waals surface area contributed by atoms with Crippen LogP contribution in [0.3, 0.4) is 0 Å². The first-order chi connectivity index (χ1) is 12.5. The predicted molar refractivity (Wildman–Crippen MR) is 103 cm³/mol. The summed E-state index contributed by atoms with van der Waals surface area (Å²) in [6.45, 7) is 0.384. The average molecular weight is 411 g/mol. The minimum Gasteiger partial charge on any atom is -0.484 e. The number of benzene rings is 2. The fraction of sp³-hybridized carbons (Fsp3) is 0.111. The second kappa shape index (κ2) is 8.45. The summed E-state index contributed by atoms with van der Waals surface area (Å²) in [6.07, 6.45) is 1.76. The number of ether oxygens (including phenoxy) is 1. The lowest BCUT2D eigenvalue weighted by atomic mass is 10.2.